The number of amides is 2. The Balaban J connectivity index is 2.55. The molecule has 0 aliphatic heterocycles. The molecule has 2 aromatic carbocycles. The Hall–Kier alpha value is -2.69. The summed E-state index contributed by atoms with van der Waals surface area (Å²) in [6, 6.07) is 8.39. The Morgan fingerprint density at radius 3 is 2.11 bits per heavy atom. The highest BCUT2D eigenvalue weighted by molar-refractivity contribution is 7.92. The molecule has 2 amide bonds. The van der Waals surface area contributed by atoms with Crippen LogP contribution >= 0.6 is 23.2 Å². The summed E-state index contributed by atoms with van der Waals surface area (Å²) in [4.78, 5) is 28.1. The standard InChI is InChI=1S/C25H33Cl2N3O6S/c1-7-21(25(32)28-16(2)3)29(14-18-19(26)9-8-10-20(18)27)24(31)15-30(37(6,33)34)17-11-12-22(35-4)23(13-17)36-5/h8-13,16,21H,7,14-15H2,1-6H3,(H,28,32). The number of benzene rings is 2. The van der Waals surface area contributed by atoms with Gasteiger partial charge in [-0.05, 0) is 44.5 Å². The number of carbonyl (C=O) groups excluding carboxylic acids is 2. The number of anilines is 1. The van der Waals surface area contributed by atoms with Gasteiger partial charge in [-0.3, -0.25) is 13.9 Å². The Morgan fingerprint density at radius 2 is 1.62 bits per heavy atom. The molecule has 2 rings (SSSR count). The molecule has 0 aliphatic rings. The Kier molecular flexibility index (Phi) is 10.9. The van der Waals surface area contributed by atoms with Crippen LogP contribution in [0.15, 0.2) is 36.4 Å². The van der Waals surface area contributed by atoms with E-state index in [1.54, 1.807) is 31.2 Å². The van der Waals surface area contributed by atoms with E-state index in [-0.39, 0.29) is 30.6 Å². The van der Waals surface area contributed by atoms with Gasteiger partial charge in [0.2, 0.25) is 21.8 Å². The number of nitrogens with one attached hydrogen (secondary N) is 1. The highest BCUT2D eigenvalue weighted by atomic mass is 35.5. The molecule has 9 nitrogen and oxygen atoms in total. The van der Waals surface area contributed by atoms with E-state index >= 15 is 0 Å². The van der Waals surface area contributed by atoms with Gasteiger partial charge in [-0.1, -0.05) is 36.2 Å². The van der Waals surface area contributed by atoms with E-state index < -0.39 is 28.5 Å². The fourth-order valence-corrected chi connectivity index (χ4v) is 5.11. The molecule has 1 atom stereocenters. The largest absolute Gasteiger partial charge is 0.493 e. The van der Waals surface area contributed by atoms with Crippen LogP contribution in [0.25, 0.3) is 0 Å². The molecule has 0 bridgehead atoms. The van der Waals surface area contributed by atoms with Gasteiger partial charge >= 0.3 is 0 Å². The van der Waals surface area contributed by atoms with Gasteiger partial charge in [0.1, 0.15) is 12.6 Å². The van der Waals surface area contributed by atoms with Crippen molar-refractivity contribution in [3.63, 3.8) is 0 Å². The Morgan fingerprint density at radius 1 is 1.03 bits per heavy atom. The minimum absolute atomic E-state index is 0.0924. The van der Waals surface area contributed by atoms with Gasteiger partial charge in [-0.25, -0.2) is 8.42 Å². The number of methoxy groups -OCH3 is 2. The highest BCUT2D eigenvalue weighted by Crippen LogP contribution is 2.33. The first-order valence-electron chi connectivity index (χ1n) is 11.6. The summed E-state index contributed by atoms with van der Waals surface area (Å²) in [6.45, 7) is 4.73. The highest BCUT2D eigenvalue weighted by Gasteiger charge is 2.33. The molecular formula is C25H33Cl2N3O6S. The lowest BCUT2D eigenvalue weighted by Gasteiger charge is -2.33. The van der Waals surface area contributed by atoms with Crippen LogP contribution < -0.4 is 19.1 Å². The molecule has 0 aromatic heterocycles. The first kappa shape index (κ1) is 30.5. The molecule has 0 aliphatic carbocycles. The number of carbonyl (C=O) groups is 2. The van der Waals surface area contributed by atoms with Gasteiger partial charge in [-0.15, -0.1) is 0 Å². The Bertz CT molecular complexity index is 1200. The number of rotatable bonds is 12. The summed E-state index contributed by atoms with van der Waals surface area (Å²) in [5.41, 5.74) is 0.649. The van der Waals surface area contributed by atoms with E-state index in [9.17, 15) is 18.0 Å². The summed E-state index contributed by atoms with van der Waals surface area (Å²) in [5, 5.41) is 3.47. The van der Waals surface area contributed by atoms with Crippen molar-refractivity contribution in [2.24, 2.45) is 0 Å². The first-order chi connectivity index (χ1) is 17.3. The van der Waals surface area contributed by atoms with E-state index in [0.29, 0.717) is 27.1 Å². The zero-order valence-corrected chi connectivity index (χ0v) is 24.1. The molecule has 0 saturated carbocycles. The van der Waals surface area contributed by atoms with Crippen molar-refractivity contribution in [2.45, 2.75) is 45.8 Å². The van der Waals surface area contributed by atoms with Gasteiger partial charge in [-0.2, -0.15) is 0 Å². The number of halogens is 2. The van der Waals surface area contributed by atoms with Crippen LogP contribution in [0.1, 0.15) is 32.8 Å². The molecule has 0 spiro atoms. The van der Waals surface area contributed by atoms with Crippen molar-refractivity contribution >= 4 is 50.7 Å². The third-order valence-electron chi connectivity index (χ3n) is 5.54. The lowest BCUT2D eigenvalue weighted by atomic mass is 10.1. The van der Waals surface area contributed by atoms with E-state index in [2.05, 4.69) is 5.32 Å². The fourth-order valence-electron chi connectivity index (χ4n) is 3.75. The summed E-state index contributed by atoms with van der Waals surface area (Å²) >= 11 is 12.7. The first-order valence-corrected chi connectivity index (χ1v) is 14.2. The van der Waals surface area contributed by atoms with Crippen LogP contribution in [0.3, 0.4) is 0 Å². The van der Waals surface area contributed by atoms with Crippen LogP contribution in [-0.4, -0.2) is 64.2 Å². The van der Waals surface area contributed by atoms with E-state index in [4.69, 9.17) is 32.7 Å². The van der Waals surface area contributed by atoms with Crippen molar-refractivity contribution in [1.82, 2.24) is 10.2 Å². The van der Waals surface area contributed by atoms with Crippen LogP contribution in [0, 0.1) is 0 Å². The number of hydrogen-bond donors (Lipinski definition) is 1. The topological polar surface area (TPSA) is 105 Å². The van der Waals surface area contributed by atoms with Crippen molar-refractivity contribution in [1.29, 1.82) is 0 Å². The van der Waals surface area contributed by atoms with Crippen LogP contribution in [0.4, 0.5) is 5.69 Å². The van der Waals surface area contributed by atoms with Crippen LogP contribution in [-0.2, 0) is 26.2 Å². The van der Waals surface area contributed by atoms with E-state index in [1.807, 2.05) is 13.8 Å². The Labute approximate surface area is 228 Å². The van der Waals surface area contributed by atoms with Gasteiger partial charge < -0.3 is 19.7 Å². The van der Waals surface area contributed by atoms with Crippen LogP contribution in [0.5, 0.6) is 11.5 Å². The summed E-state index contributed by atoms with van der Waals surface area (Å²) in [7, 11) is -1.03. The normalized spacial score (nSPS) is 12.1. The summed E-state index contributed by atoms with van der Waals surface area (Å²) in [5.74, 6) is -0.283. The molecule has 1 unspecified atom stereocenters. The van der Waals surface area contributed by atoms with Crippen molar-refractivity contribution in [3.8, 4) is 11.5 Å². The summed E-state index contributed by atoms with van der Waals surface area (Å²) in [6.07, 6.45) is 1.27. The fraction of sp³-hybridized carbons (Fsp3) is 0.440. The second-order valence-corrected chi connectivity index (χ2v) is 11.3. The maximum absolute atomic E-state index is 13.8. The maximum atomic E-state index is 13.8. The molecule has 1 N–H and O–H groups in total. The number of sulfonamides is 1. The average Bonchev–Trinajstić information content (AvgIpc) is 2.82. The van der Waals surface area contributed by atoms with Crippen molar-refractivity contribution < 1.29 is 27.5 Å². The van der Waals surface area contributed by atoms with Crippen molar-refractivity contribution in [2.75, 3.05) is 31.3 Å². The van der Waals surface area contributed by atoms with E-state index in [0.717, 1.165) is 10.6 Å². The molecule has 0 fully saturated rings. The zero-order chi connectivity index (χ0) is 27.9. The van der Waals surface area contributed by atoms with Crippen molar-refractivity contribution in [3.05, 3.63) is 52.0 Å². The van der Waals surface area contributed by atoms with Gasteiger partial charge in [0.15, 0.2) is 11.5 Å². The SMILES string of the molecule is CCC(C(=O)NC(C)C)N(Cc1c(Cl)cccc1Cl)C(=O)CN(c1ccc(OC)c(OC)c1)S(C)(=O)=O. The molecule has 0 radical (unpaired) electrons. The smallest absolute Gasteiger partial charge is 0.244 e. The number of nitrogens with zero attached hydrogens (tertiary/aromatic N) is 2. The monoisotopic (exact) mass is 573 g/mol. The van der Waals surface area contributed by atoms with Gasteiger partial charge in [0, 0.05) is 34.3 Å². The third kappa shape index (κ3) is 7.90. The lowest BCUT2D eigenvalue weighted by Crippen LogP contribution is -2.53. The van der Waals surface area contributed by atoms with Gasteiger partial charge in [0.05, 0.1) is 26.2 Å². The minimum atomic E-state index is -3.92. The number of hydrogen-bond acceptors (Lipinski definition) is 6. The minimum Gasteiger partial charge on any atom is -0.493 e. The predicted octanol–water partition coefficient (Wildman–Crippen LogP) is 4.11. The molecule has 204 valence electrons. The second kappa shape index (κ2) is 13.2. The van der Waals surface area contributed by atoms with Crippen LogP contribution in [0.2, 0.25) is 10.0 Å². The lowest BCUT2D eigenvalue weighted by molar-refractivity contribution is -0.140. The average molecular weight is 575 g/mol. The molecular weight excluding hydrogens is 541 g/mol. The predicted molar refractivity (Wildman–Crippen MR) is 146 cm³/mol. The third-order valence-corrected chi connectivity index (χ3v) is 7.39. The zero-order valence-electron chi connectivity index (χ0n) is 21.7. The molecule has 37 heavy (non-hydrogen) atoms. The molecule has 2 aromatic rings. The molecule has 0 heterocycles. The number of ether oxygens (including phenoxy) is 2. The quantitative estimate of drug-likeness (QED) is 0.409. The summed E-state index contributed by atoms with van der Waals surface area (Å²) < 4.78 is 37.1. The maximum Gasteiger partial charge on any atom is 0.244 e. The second-order valence-electron chi connectivity index (χ2n) is 8.62. The molecule has 0 saturated heterocycles. The molecule has 12 heteroatoms. The van der Waals surface area contributed by atoms with Gasteiger partial charge in [0.25, 0.3) is 0 Å². The van der Waals surface area contributed by atoms with E-state index in [1.165, 1.54) is 31.3 Å².